The minimum atomic E-state index is 0.572. The minimum Gasteiger partial charge on any atom is -0.437 e. The highest BCUT2D eigenvalue weighted by atomic mass is 79.9. The number of nitrogens with zero attached hydrogens (tertiary/aromatic N) is 6. The number of halogens is 2. The maximum Gasteiger partial charge on any atom is 0.223 e. The van der Waals surface area contributed by atoms with Gasteiger partial charge in [0.1, 0.15) is 11.3 Å². The van der Waals surface area contributed by atoms with Gasteiger partial charge in [0.2, 0.25) is 5.88 Å². The lowest BCUT2D eigenvalue weighted by Crippen LogP contribution is -2.31. The normalized spacial score (nSPS) is 19.6. The Hall–Kier alpha value is -1.74. The van der Waals surface area contributed by atoms with E-state index < -0.39 is 0 Å². The number of hydrogen-bond donors (Lipinski definition) is 0. The zero-order chi connectivity index (χ0) is 21.5. The van der Waals surface area contributed by atoms with Crippen molar-refractivity contribution in [3.63, 3.8) is 0 Å². The van der Waals surface area contributed by atoms with Crippen molar-refractivity contribution in [1.82, 2.24) is 29.8 Å². The van der Waals surface area contributed by atoms with Crippen molar-refractivity contribution < 1.29 is 4.74 Å². The standard InChI is InChI=1S/C22H26BrClN6O/c1-28(2)17-7-8-29(13-17)12-15-9-16(24)10-25-22(15)31-19-6-5-18-21(20(19)23)26-27-30(18)11-14-3-4-14/h5-6,9-10,14,17H,3-4,7-8,11-13H2,1-2H3. The van der Waals surface area contributed by atoms with Crippen LogP contribution in [0.3, 0.4) is 0 Å². The summed E-state index contributed by atoms with van der Waals surface area (Å²) in [5.74, 6) is 1.98. The SMILES string of the molecule is CN(C)C1CCN(Cc2cc(Cl)cnc2Oc2ccc3c(nnn3CC3CC3)c2Br)C1. The van der Waals surface area contributed by atoms with Crippen LogP contribution in [0.5, 0.6) is 11.6 Å². The van der Waals surface area contributed by atoms with Crippen LogP contribution in [0.15, 0.2) is 28.9 Å². The first-order valence-corrected chi connectivity index (χ1v) is 11.9. The molecular weight excluding hydrogens is 480 g/mol. The summed E-state index contributed by atoms with van der Waals surface area (Å²) in [6, 6.07) is 6.50. The van der Waals surface area contributed by atoms with Gasteiger partial charge >= 0.3 is 0 Å². The third-order valence-corrected chi connectivity index (χ3v) is 7.16. The highest BCUT2D eigenvalue weighted by Gasteiger charge is 2.26. The lowest BCUT2D eigenvalue weighted by molar-refractivity contribution is 0.262. The third kappa shape index (κ3) is 4.58. The zero-order valence-corrected chi connectivity index (χ0v) is 20.1. The van der Waals surface area contributed by atoms with E-state index in [1.165, 1.54) is 12.8 Å². The van der Waals surface area contributed by atoms with E-state index in [0.717, 1.165) is 59.6 Å². The summed E-state index contributed by atoms with van der Waals surface area (Å²) in [6.07, 6.45) is 5.35. The van der Waals surface area contributed by atoms with E-state index in [1.807, 2.05) is 22.9 Å². The van der Waals surface area contributed by atoms with Crippen LogP contribution in [0, 0.1) is 5.92 Å². The van der Waals surface area contributed by atoms with E-state index in [0.29, 0.717) is 22.7 Å². The maximum absolute atomic E-state index is 6.27. The van der Waals surface area contributed by atoms with E-state index in [4.69, 9.17) is 16.3 Å². The van der Waals surface area contributed by atoms with Crippen molar-refractivity contribution in [2.45, 2.75) is 38.4 Å². The molecule has 1 aromatic carbocycles. The van der Waals surface area contributed by atoms with Crippen LogP contribution in [0.4, 0.5) is 0 Å². The molecule has 7 nitrogen and oxygen atoms in total. The van der Waals surface area contributed by atoms with Gasteiger partial charge in [-0.15, -0.1) is 5.10 Å². The second-order valence-electron chi connectivity index (χ2n) is 8.82. The maximum atomic E-state index is 6.27. The Bertz CT molecular complexity index is 1100. The monoisotopic (exact) mass is 504 g/mol. The lowest BCUT2D eigenvalue weighted by Gasteiger charge is -2.21. The van der Waals surface area contributed by atoms with Crippen molar-refractivity contribution >= 4 is 38.6 Å². The number of aromatic nitrogens is 4. The minimum absolute atomic E-state index is 0.572. The molecule has 0 bridgehead atoms. The first-order chi connectivity index (χ1) is 15.0. The second-order valence-corrected chi connectivity index (χ2v) is 10.1. The Labute approximate surface area is 195 Å². The number of benzene rings is 1. The summed E-state index contributed by atoms with van der Waals surface area (Å²) in [7, 11) is 4.27. The lowest BCUT2D eigenvalue weighted by atomic mass is 10.2. The van der Waals surface area contributed by atoms with Crippen LogP contribution in [0.25, 0.3) is 11.0 Å². The molecule has 2 aliphatic rings. The Kier molecular flexibility index (Phi) is 5.90. The number of likely N-dealkylation sites (N-methyl/N-ethyl adjacent to an activating group) is 1. The van der Waals surface area contributed by atoms with Gasteiger partial charge in [-0.1, -0.05) is 16.8 Å². The van der Waals surface area contributed by atoms with E-state index in [1.54, 1.807) is 6.20 Å². The van der Waals surface area contributed by atoms with Gasteiger partial charge in [-0.25, -0.2) is 9.67 Å². The Morgan fingerprint density at radius 2 is 2.10 bits per heavy atom. The van der Waals surface area contributed by atoms with Crippen LogP contribution in [0.2, 0.25) is 5.02 Å². The fraction of sp³-hybridized carbons (Fsp3) is 0.500. The number of rotatable bonds is 7. The quantitative estimate of drug-likeness (QED) is 0.468. The molecule has 0 amide bonds. The predicted molar refractivity (Wildman–Crippen MR) is 125 cm³/mol. The van der Waals surface area contributed by atoms with Crippen LogP contribution in [-0.4, -0.2) is 63.0 Å². The highest BCUT2D eigenvalue weighted by molar-refractivity contribution is 9.10. The Morgan fingerprint density at radius 3 is 2.84 bits per heavy atom. The summed E-state index contributed by atoms with van der Waals surface area (Å²) in [6.45, 7) is 3.76. The molecule has 2 aromatic heterocycles. The number of fused-ring (bicyclic) bond motifs is 1. The molecule has 2 fully saturated rings. The van der Waals surface area contributed by atoms with Gasteiger partial charge in [-0.2, -0.15) is 0 Å². The highest BCUT2D eigenvalue weighted by Crippen LogP contribution is 2.37. The number of pyridine rings is 1. The largest absolute Gasteiger partial charge is 0.437 e. The molecule has 1 aliphatic heterocycles. The molecule has 164 valence electrons. The predicted octanol–water partition coefficient (Wildman–Crippen LogP) is 4.58. The smallest absolute Gasteiger partial charge is 0.223 e. The van der Waals surface area contributed by atoms with Gasteiger partial charge in [-0.05, 0) is 73.4 Å². The molecule has 0 spiro atoms. The summed E-state index contributed by atoms with van der Waals surface area (Å²) in [5, 5.41) is 9.33. The van der Waals surface area contributed by atoms with Gasteiger partial charge in [0, 0.05) is 44.0 Å². The van der Waals surface area contributed by atoms with E-state index in [9.17, 15) is 0 Å². The van der Waals surface area contributed by atoms with Crippen LogP contribution < -0.4 is 4.74 Å². The van der Waals surface area contributed by atoms with E-state index in [2.05, 4.69) is 55.1 Å². The van der Waals surface area contributed by atoms with Gasteiger partial charge < -0.3 is 9.64 Å². The Morgan fingerprint density at radius 1 is 1.26 bits per heavy atom. The summed E-state index contributed by atoms with van der Waals surface area (Å²) >= 11 is 9.94. The van der Waals surface area contributed by atoms with Crippen molar-refractivity contribution in [3.05, 3.63) is 39.5 Å². The topological polar surface area (TPSA) is 59.3 Å². The molecule has 0 radical (unpaired) electrons. The van der Waals surface area contributed by atoms with E-state index in [-0.39, 0.29) is 0 Å². The number of hydrogen-bond acceptors (Lipinski definition) is 6. The molecular formula is C22H26BrClN6O. The first kappa shape index (κ1) is 21.1. The Balaban J connectivity index is 1.38. The van der Waals surface area contributed by atoms with Crippen molar-refractivity contribution in [1.29, 1.82) is 0 Å². The second kappa shape index (κ2) is 8.65. The molecule has 5 rings (SSSR count). The molecule has 1 atom stereocenters. The van der Waals surface area contributed by atoms with Crippen LogP contribution >= 0.6 is 27.5 Å². The molecule has 0 N–H and O–H groups in total. The molecule has 1 saturated heterocycles. The summed E-state index contributed by atoms with van der Waals surface area (Å²) in [4.78, 5) is 9.20. The van der Waals surface area contributed by atoms with Crippen LogP contribution in [0.1, 0.15) is 24.8 Å². The summed E-state index contributed by atoms with van der Waals surface area (Å²) < 4.78 is 9.04. The molecule has 31 heavy (non-hydrogen) atoms. The fourth-order valence-corrected chi connectivity index (χ4v) is 4.82. The zero-order valence-electron chi connectivity index (χ0n) is 17.8. The average molecular weight is 506 g/mol. The van der Waals surface area contributed by atoms with Crippen molar-refractivity contribution in [2.24, 2.45) is 5.92 Å². The van der Waals surface area contributed by atoms with Crippen molar-refractivity contribution in [3.8, 4) is 11.6 Å². The molecule has 3 aromatic rings. The average Bonchev–Trinajstić information content (AvgIpc) is 3.26. The molecule has 9 heteroatoms. The third-order valence-electron chi connectivity index (χ3n) is 6.19. The van der Waals surface area contributed by atoms with Crippen LogP contribution in [-0.2, 0) is 13.1 Å². The number of ether oxygens (including phenoxy) is 1. The van der Waals surface area contributed by atoms with Gasteiger partial charge in [0.05, 0.1) is 15.0 Å². The first-order valence-electron chi connectivity index (χ1n) is 10.7. The van der Waals surface area contributed by atoms with Gasteiger partial charge in [0.15, 0.2) is 0 Å². The molecule has 3 heterocycles. The van der Waals surface area contributed by atoms with E-state index >= 15 is 0 Å². The van der Waals surface area contributed by atoms with Gasteiger partial charge in [0.25, 0.3) is 0 Å². The molecule has 1 unspecified atom stereocenters. The summed E-state index contributed by atoms with van der Waals surface area (Å²) in [5.41, 5.74) is 2.81. The van der Waals surface area contributed by atoms with Gasteiger partial charge in [-0.3, -0.25) is 4.90 Å². The number of likely N-dealkylation sites (tertiary alicyclic amines) is 1. The molecule has 1 saturated carbocycles. The molecule has 1 aliphatic carbocycles. The van der Waals surface area contributed by atoms with Crippen molar-refractivity contribution in [2.75, 3.05) is 27.2 Å². The fourth-order valence-electron chi connectivity index (χ4n) is 4.14.